The first-order valence-electron chi connectivity index (χ1n) is 9.43. The van der Waals surface area contributed by atoms with Crippen LogP contribution in [0.4, 0.5) is 0 Å². The van der Waals surface area contributed by atoms with Crippen LogP contribution in [0.3, 0.4) is 0 Å². The second-order valence-corrected chi connectivity index (χ2v) is 7.53. The van der Waals surface area contributed by atoms with Crippen LogP contribution in [-0.2, 0) is 11.2 Å². The van der Waals surface area contributed by atoms with Crippen LogP contribution in [0.1, 0.15) is 30.4 Å². The fourth-order valence-corrected chi connectivity index (χ4v) is 3.94. The smallest absolute Gasteiger partial charge is 0.303 e. The van der Waals surface area contributed by atoms with Gasteiger partial charge in [0.25, 0.3) is 0 Å². The van der Waals surface area contributed by atoms with Crippen LogP contribution in [0.25, 0.3) is 5.57 Å². The van der Waals surface area contributed by atoms with E-state index in [-0.39, 0.29) is 6.42 Å². The zero-order valence-corrected chi connectivity index (χ0v) is 15.5. The molecular weight excluding hydrogens is 322 g/mol. The molecule has 0 amide bonds. The summed E-state index contributed by atoms with van der Waals surface area (Å²) in [5.74, 6) is -0.696. The van der Waals surface area contributed by atoms with Gasteiger partial charge in [-0.25, -0.2) is 0 Å². The molecule has 3 nitrogen and oxygen atoms in total. The van der Waals surface area contributed by atoms with Gasteiger partial charge in [0.15, 0.2) is 0 Å². The Balaban J connectivity index is 1.76. The molecule has 0 aliphatic carbocycles. The molecule has 1 aliphatic rings. The summed E-state index contributed by atoms with van der Waals surface area (Å²) < 4.78 is 0.957. The van der Waals surface area contributed by atoms with E-state index in [0.29, 0.717) is 6.04 Å². The highest BCUT2D eigenvalue weighted by Gasteiger charge is 2.37. The van der Waals surface area contributed by atoms with Crippen LogP contribution in [-0.4, -0.2) is 41.7 Å². The molecule has 0 unspecified atom stereocenters. The lowest BCUT2D eigenvalue weighted by molar-refractivity contribution is -0.915. The number of likely N-dealkylation sites (N-methyl/N-ethyl adjacent to an activating group) is 1. The minimum absolute atomic E-state index is 0.266. The van der Waals surface area contributed by atoms with Crippen LogP contribution in [0.2, 0.25) is 0 Å². The van der Waals surface area contributed by atoms with E-state index in [2.05, 4.69) is 73.8 Å². The molecule has 2 aromatic rings. The molecular formula is C23H28NO2+. The van der Waals surface area contributed by atoms with E-state index >= 15 is 0 Å². The highest BCUT2D eigenvalue weighted by atomic mass is 16.4. The van der Waals surface area contributed by atoms with Gasteiger partial charge in [0.05, 0.1) is 13.6 Å². The summed E-state index contributed by atoms with van der Waals surface area (Å²) in [5, 5.41) is 8.89. The topological polar surface area (TPSA) is 37.3 Å². The molecule has 136 valence electrons. The van der Waals surface area contributed by atoms with Crippen molar-refractivity contribution in [3.8, 4) is 0 Å². The average molecular weight is 350 g/mol. The molecule has 3 heteroatoms. The minimum atomic E-state index is -0.696. The van der Waals surface area contributed by atoms with Crippen LogP contribution in [0.15, 0.2) is 66.7 Å². The van der Waals surface area contributed by atoms with Crippen molar-refractivity contribution in [2.75, 3.05) is 20.1 Å². The Morgan fingerprint density at radius 3 is 2.35 bits per heavy atom. The molecule has 0 spiro atoms. The first-order valence-corrected chi connectivity index (χ1v) is 9.43. The summed E-state index contributed by atoms with van der Waals surface area (Å²) in [6.07, 6.45) is 5.43. The van der Waals surface area contributed by atoms with E-state index in [1.807, 2.05) is 0 Å². The van der Waals surface area contributed by atoms with Crippen LogP contribution in [0, 0.1) is 0 Å². The third kappa shape index (κ3) is 4.61. The number of unbranched alkanes of at least 4 members (excludes halogenated alkanes) is 1. The van der Waals surface area contributed by atoms with E-state index in [1.165, 1.54) is 16.7 Å². The van der Waals surface area contributed by atoms with Gasteiger partial charge in [-0.2, -0.15) is 0 Å². The van der Waals surface area contributed by atoms with Gasteiger partial charge in [-0.3, -0.25) is 4.79 Å². The largest absolute Gasteiger partial charge is 0.481 e. The number of hydrogen-bond donors (Lipinski definition) is 1. The Morgan fingerprint density at radius 1 is 1.04 bits per heavy atom. The van der Waals surface area contributed by atoms with Crippen molar-refractivity contribution < 1.29 is 14.4 Å². The standard InChI is InChI=1S/C23H27NO2/c1-24(15-9-8-14-23(25)26)18-21(20-12-6-3-7-13-20)17-22(24)16-19-10-4-2-5-11-19/h2-7,10-13,17,22H,8-9,14-16,18H2,1H3/p+1/t22-,24-/m1/s1. The third-order valence-electron chi connectivity index (χ3n) is 5.47. The molecule has 2 atom stereocenters. The van der Waals surface area contributed by atoms with Crippen molar-refractivity contribution in [1.29, 1.82) is 0 Å². The maximum atomic E-state index is 10.8. The average Bonchev–Trinajstić information content (AvgIpc) is 2.97. The molecule has 2 aromatic carbocycles. The Bertz CT molecular complexity index is 754. The molecule has 1 heterocycles. The summed E-state index contributed by atoms with van der Waals surface area (Å²) in [6, 6.07) is 21.7. The van der Waals surface area contributed by atoms with Crippen molar-refractivity contribution in [3.63, 3.8) is 0 Å². The van der Waals surface area contributed by atoms with E-state index in [1.54, 1.807) is 0 Å². The number of carboxylic acids is 1. The molecule has 0 saturated carbocycles. The Hall–Kier alpha value is -2.39. The van der Waals surface area contributed by atoms with E-state index < -0.39 is 5.97 Å². The first kappa shape index (κ1) is 18.4. The third-order valence-corrected chi connectivity index (χ3v) is 5.47. The molecule has 1 N–H and O–H groups in total. The van der Waals surface area contributed by atoms with Crippen LogP contribution in [0.5, 0.6) is 0 Å². The van der Waals surface area contributed by atoms with Crippen LogP contribution >= 0.6 is 0 Å². The van der Waals surface area contributed by atoms with Gasteiger partial charge in [0, 0.05) is 18.4 Å². The van der Waals surface area contributed by atoms with Gasteiger partial charge in [0.2, 0.25) is 0 Å². The molecule has 0 saturated heterocycles. The van der Waals surface area contributed by atoms with Crippen LogP contribution < -0.4 is 0 Å². The first-order chi connectivity index (χ1) is 12.6. The normalized spacial score (nSPS) is 22.2. The lowest BCUT2D eigenvalue weighted by Gasteiger charge is -2.37. The summed E-state index contributed by atoms with van der Waals surface area (Å²) >= 11 is 0. The van der Waals surface area contributed by atoms with E-state index in [4.69, 9.17) is 5.11 Å². The summed E-state index contributed by atoms with van der Waals surface area (Å²) in [7, 11) is 2.32. The lowest BCUT2D eigenvalue weighted by atomic mass is 10.0. The predicted molar refractivity (Wildman–Crippen MR) is 106 cm³/mol. The molecule has 0 bridgehead atoms. The summed E-state index contributed by atoms with van der Waals surface area (Å²) in [4.78, 5) is 10.8. The minimum Gasteiger partial charge on any atom is -0.481 e. The van der Waals surface area contributed by atoms with E-state index in [9.17, 15) is 4.79 Å². The predicted octanol–water partition coefficient (Wildman–Crippen LogP) is 4.40. The lowest BCUT2D eigenvalue weighted by Crippen LogP contribution is -2.50. The number of aliphatic carboxylic acids is 1. The highest BCUT2D eigenvalue weighted by Crippen LogP contribution is 2.32. The van der Waals surface area contributed by atoms with E-state index in [0.717, 1.165) is 36.8 Å². The number of carboxylic acid groups (broad SMARTS) is 1. The Kier molecular flexibility index (Phi) is 5.89. The van der Waals surface area contributed by atoms with Gasteiger partial charge in [0.1, 0.15) is 12.6 Å². The summed E-state index contributed by atoms with van der Waals surface area (Å²) in [6.45, 7) is 2.02. The summed E-state index contributed by atoms with van der Waals surface area (Å²) in [5.41, 5.74) is 4.07. The molecule has 0 fully saturated rings. The molecule has 0 aromatic heterocycles. The van der Waals surface area contributed by atoms with Gasteiger partial charge in [-0.05, 0) is 30.0 Å². The maximum Gasteiger partial charge on any atom is 0.303 e. The second kappa shape index (κ2) is 8.33. The fraction of sp³-hybridized carbons (Fsp3) is 0.348. The molecule has 1 aliphatic heterocycles. The molecule has 3 rings (SSSR count). The Labute approximate surface area is 156 Å². The van der Waals surface area contributed by atoms with Gasteiger partial charge >= 0.3 is 5.97 Å². The number of rotatable bonds is 8. The molecule has 26 heavy (non-hydrogen) atoms. The van der Waals surface area contributed by atoms with Crippen molar-refractivity contribution in [3.05, 3.63) is 77.9 Å². The second-order valence-electron chi connectivity index (χ2n) is 7.53. The fourth-order valence-electron chi connectivity index (χ4n) is 3.94. The van der Waals surface area contributed by atoms with Gasteiger partial charge < -0.3 is 9.59 Å². The number of carbonyl (C=O) groups is 1. The quantitative estimate of drug-likeness (QED) is 0.566. The zero-order valence-electron chi connectivity index (χ0n) is 15.5. The van der Waals surface area contributed by atoms with Crippen molar-refractivity contribution in [2.45, 2.75) is 31.7 Å². The number of benzene rings is 2. The zero-order chi connectivity index (χ0) is 18.4. The van der Waals surface area contributed by atoms with Crippen molar-refractivity contribution in [1.82, 2.24) is 0 Å². The highest BCUT2D eigenvalue weighted by molar-refractivity contribution is 5.68. The van der Waals surface area contributed by atoms with Gasteiger partial charge in [-0.15, -0.1) is 0 Å². The monoisotopic (exact) mass is 350 g/mol. The van der Waals surface area contributed by atoms with Crippen molar-refractivity contribution >= 4 is 11.5 Å². The Morgan fingerprint density at radius 2 is 1.69 bits per heavy atom. The molecule has 0 radical (unpaired) electrons. The van der Waals surface area contributed by atoms with Gasteiger partial charge in [-0.1, -0.05) is 60.7 Å². The number of nitrogens with zero attached hydrogens (tertiary/aromatic N) is 1. The SMILES string of the molecule is C[N@@+]1(CCCCC(=O)O)CC(c2ccccc2)=C[C@H]1Cc1ccccc1. The maximum absolute atomic E-state index is 10.8. The number of quaternary nitrogens is 1. The number of hydrogen-bond acceptors (Lipinski definition) is 1. The van der Waals surface area contributed by atoms with Crippen molar-refractivity contribution in [2.24, 2.45) is 0 Å².